The number of nitrogens with zero attached hydrogens (tertiary/aromatic N) is 4. The maximum absolute atomic E-state index is 12.4. The molecule has 1 saturated carbocycles. The van der Waals surface area contributed by atoms with E-state index in [1.54, 1.807) is 0 Å². The Bertz CT molecular complexity index is 610. The van der Waals surface area contributed by atoms with Crippen LogP contribution in [0.5, 0.6) is 0 Å². The molecule has 0 aromatic carbocycles. The minimum atomic E-state index is 0.187. The van der Waals surface area contributed by atoms with Gasteiger partial charge in [-0.2, -0.15) is 0 Å². The van der Waals surface area contributed by atoms with Crippen molar-refractivity contribution in [3.05, 3.63) is 18.0 Å². The van der Waals surface area contributed by atoms with Crippen molar-refractivity contribution in [2.24, 2.45) is 5.92 Å². The average Bonchev–Trinajstić information content (AvgIpc) is 3.46. The van der Waals surface area contributed by atoms with Gasteiger partial charge in [-0.05, 0) is 58.1 Å². The second kappa shape index (κ2) is 7.28. The van der Waals surface area contributed by atoms with Crippen molar-refractivity contribution >= 4 is 11.9 Å². The molecule has 0 bridgehead atoms. The van der Waals surface area contributed by atoms with Gasteiger partial charge in [-0.1, -0.05) is 0 Å². The average molecular weight is 343 g/mol. The van der Waals surface area contributed by atoms with Gasteiger partial charge in [-0.25, -0.2) is 9.97 Å². The molecular formula is C19H29N5O. The van der Waals surface area contributed by atoms with E-state index in [4.69, 9.17) is 0 Å². The van der Waals surface area contributed by atoms with Crippen LogP contribution in [-0.2, 0) is 4.79 Å². The Balaban J connectivity index is 1.30. The number of likely N-dealkylation sites (tertiary alicyclic amines) is 1. The van der Waals surface area contributed by atoms with Gasteiger partial charge >= 0.3 is 0 Å². The molecule has 1 aromatic heterocycles. The van der Waals surface area contributed by atoms with E-state index in [1.807, 2.05) is 19.2 Å². The van der Waals surface area contributed by atoms with Gasteiger partial charge in [0.15, 0.2) is 0 Å². The first-order chi connectivity index (χ1) is 12.2. The van der Waals surface area contributed by atoms with Crippen molar-refractivity contribution in [1.29, 1.82) is 0 Å². The monoisotopic (exact) mass is 343 g/mol. The fourth-order valence-electron chi connectivity index (χ4n) is 4.12. The molecule has 1 amide bonds. The summed E-state index contributed by atoms with van der Waals surface area (Å²) in [5, 5.41) is 3.19. The van der Waals surface area contributed by atoms with Crippen LogP contribution in [0.15, 0.2) is 12.3 Å². The molecule has 0 spiro atoms. The Kier molecular flexibility index (Phi) is 4.88. The summed E-state index contributed by atoms with van der Waals surface area (Å²) in [6.45, 7) is 6.09. The van der Waals surface area contributed by atoms with Crippen molar-refractivity contribution in [2.75, 3.05) is 31.1 Å². The van der Waals surface area contributed by atoms with Gasteiger partial charge in [0.05, 0.1) is 5.92 Å². The van der Waals surface area contributed by atoms with Crippen LogP contribution in [-0.4, -0.2) is 59.0 Å². The minimum absolute atomic E-state index is 0.187. The number of hydrogen-bond donors (Lipinski definition) is 1. The highest BCUT2D eigenvalue weighted by molar-refractivity contribution is 5.79. The topological polar surface area (TPSA) is 61.4 Å². The molecule has 3 heterocycles. The van der Waals surface area contributed by atoms with Crippen LogP contribution in [0.25, 0.3) is 0 Å². The number of piperidine rings is 2. The van der Waals surface area contributed by atoms with E-state index in [1.165, 1.54) is 12.8 Å². The summed E-state index contributed by atoms with van der Waals surface area (Å²) < 4.78 is 0. The molecule has 1 aromatic rings. The molecule has 0 radical (unpaired) electrons. The molecule has 3 aliphatic rings. The highest BCUT2D eigenvalue weighted by Gasteiger charge is 2.34. The van der Waals surface area contributed by atoms with Gasteiger partial charge in [-0.3, -0.25) is 9.69 Å². The molecule has 2 saturated heterocycles. The lowest BCUT2D eigenvalue weighted by Gasteiger charge is -2.42. The zero-order valence-electron chi connectivity index (χ0n) is 15.2. The Labute approximate surface area is 150 Å². The normalized spacial score (nSPS) is 25.8. The molecule has 136 valence electrons. The largest absolute Gasteiger partial charge is 0.353 e. The molecule has 2 aliphatic heterocycles. The Morgan fingerprint density at radius 3 is 2.68 bits per heavy atom. The first-order valence-electron chi connectivity index (χ1n) is 9.78. The lowest BCUT2D eigenvalue weighted by molar-refractivity contribution is -0.127. The van der Waals surface area contributed by atoms with E-state index in [-0.39, 0.29) is 11.8 Å². The van der Waals surface area contributed by atoms with E-state index >= 15 is 0 Å². The molecule has 1 aliphatic carbocycles. The maximum atomic E-state index is 12.4. The third-order valence-electron chi connectivity index (χ3n) is 5.79. The van der Waals surface area contributed by atoms with Crippen LogP contribution < -0.4 is 10.2 Å². The number of amides is 1. The fourth-order valence-corrected chi connectivity index (χ4v) is 4.12. The van der Waals surface area contributed by atoms with Crippen molar-refractivity contribution in [3.63, 3.8) is 0 Å². The zero-order valence-corrected chi connectivity index (χ0v) is 15.2. The third kappa shape index (κ3) is 4.11. The van der Waals surface area contributed by atoms with Crippen molar-refractivity contribution < 1.29 is 4.79 Å². The van der Waals surface area contributed by atoms with Gasteiger partial charge in [0, 0.05) is 43.6 Å². The predicted molar refractivity (Wildman–Crippen MR) is 97.5 cm³/mol. The Morgan fingerprint density at radius 1 is 1.16 bits per heavy atom. The first kappa shape index (κ1) is 16.8. The Hall–Kier alpha value is -1.69. The SMILES string of the molecule is Cc1ccnc(N2CCC(N3CCC[C@H](C(=O)NC4CC4)C3)CC2)n1. The zero-order chi connectivity index (χ0) is 17.2. The van der Waals surface area contributed by atoms with Crippen molar-refractivity contribution in [1.82, 2.24) is 20.2 Å². The summed E-state index contributed by atoms with van der Waals surface area (Å²) >= 11 is 0. The second-order valence-corrected chi connectivity index (χ2v) is 7.83. The van der Waals surface area contributed by atoms with Gasteiger partial charge in [-0.15, -0.1) is 0 Å². The number of aryl methyl sites for hydroxylation is 1. The molecule has 0 unspecified atom stereocenters. The molecule has 6 heteroatoms. The summed E-state index contributed by atoms with van der Waals surface area (Å²) in [5.74, 6) is 1.34. The lowest BCUT2D eigenvalue weighted by atomic mass is 9.93. The predicted octanol–water partition coefficient (Wildman–Crippen LogP) is 1.74. The molecular weight excluding hydrogens is 314 g/mol. The summed E-state index contributed by atoms with van der Waals surface area (Å²) in [5.41, 5.74) is 1.02. The van der Waals surface area contributed by atoms with Crippen LogP contribution >= 0.6 is 0 Å². The number of aromatic nitrogens is 2. The van der Waals surface area contributed by atoms with Crippen LogP contribution in [0.3, 0.4) is 0 Å². The summed E-state index contributed by atoms with van der Waals surface area (Å²) in [4.78, 5) is 26.2. The molecule has 4 rings (SSSR count). The van der Waals surface area contributed by atoms with Gasteiger partial charge in [0.25, 0.3) is 0 Å². The number of carbonyl (C=O) groups is 1. The summed E-state index contributed by atoms with van der Waals surface area (Å²) in [6.07, 6.45) is 8.64. The summed E-state index contributed by atoms with van der Waals surface area (Å²) in [7, 11) is 0. The summed E-state index contributed by atoms with van der Waals surface area (Å²) in [6, 6.07) is 3.01. The van der Waals surface area contributed by atoms with E-state index in [0.29, 0.717) is 12.1 Å². The fraction of sp³-hybridized carbons (Fsp3) is 0.737. The second-order valence-electron chi connectivity index (χ2n) is 7.83. The molecule has 1 N–H and O–H groups in total. The van der Waals surface area contributed by atoms with E-state index in [9.17, 15) is 4.79 Å². The molecule has 25 heavy (non-hydrogen) atoms. The highest BCUT2D eigenvalue weighted by Crippen LogP contribution is 2.26. The number of carbonyl (C=O) groups excluding carboxylic acids is 1. The number of nitrogens with one attached hydrogen (secondary N) is 1. The van der Waals surface area contributed by atoms with Crippen LogP contribution in [0, 0.1) is 12.8 Å². The first-order valence-corrected chi connectivity index (χ1v) is 9.78. The van der Waals surface area contributed by atoms with E-state index in [0.717, 1.165) is 63.5 Å². The van der Waals surface area contributed by atoms with E-state index in [2.05, 4.69) is 25.1 Å². The maximum Gasteiger partial charge on any atom is 0.225 e. The number of rotatable bonds is 4. The van der Waals surface area contributed by atoms with Crippen LogP contribution in [0.1, 0.15) is 44.2 Å². The number of hydrogen-bond acceptors (Lipinski definition) is 5. The Morgan fingerprint density at radius 2 is 1.96 bits per heavy atom. The molecule has 6 nitrogen and oxygen atoms in total. The molecule has 3 fully saturated rings. The van der Waals surface area contributed by atoms with Crippen LogP contribution in [0.2, 0.25) is 0 Å². The third-order valence-corrected chi connectivity index (χ3v) is 5.79. The van der Waals surface area contributed by atoms with Gasteiger partial charge < -0.3 is 10.2 Å². The highest BCUT2D eigenvalue weighted by atomic mass is 16.2. The molecule has 1 atom stereocenters. The van der Waals surface area contributed by atoms with Crippen molar-refractivity contribution in [2.45, 2.75) is 57.5 Å². The quantitative estimate of drug-likeness (QED) is 0.902. The smallest absolute Gasteiger partial charge is 0.225 e. The van der Waals surface area contributed by atoms with Gasteiger partial charge in [0.2, 0.25) is 11.9 Å². The van der Waals surface area contributed by atoms with Crippen LogP contribution in [0.4, 0.5) is 5.95 Å². The van der Waals surface area contributed by atoms with E-state index < -0.39 is 0 Å². The van der Waals surface area contributed by atoms with Crippen molar-refractivity contribution in [3.8, 4) is 0 Å². The number of anilines is 1. The van der Waals surface area contributed by atoms with Gasteiger partial charge in [0.1, 0.15) is 0 Å². The lowest BCUT2D eigenvalue weighted by Crippen LogP contribution is -2.51. The standard InChI is InChI=1S/C19H29N5O/c1-14-6-9-20-19(21-14)23-11-7-17(8-12-23)24-10-2-3-15(13-24)18(25)22-16-4-5-16/h6,9,15-17H,2-5,7-8,10-13H2,1H3,(H,22,25)/t15-/m0/s1. The minimum Gasteiger partial charge on any atom is -0.353 e.